The molecule has 0 atom stereocenters. The number of carbonyl (C=O) groups excluding carboxylic acids is 2. The quantitative estimate of drug-likeness (QED) is 0.411. The Morgan fingerprint density at radius 1 is 1.04 bits per heavy atom. The molecule has 2 aromatic heterocycles. The van der Waals surface area contributed by atoms with Crippen molar-refractivity contribution in [2.45, 2.75) is 18.2 Å². The number of nitrogens with zero attached hydrogens (tertiary/aromatic N) is 3. The first kappa shape index (κ1) is 19.3. The van der Waals surface area contributed by atoms with Gasteiger partial charge in [-0.1, -0.05) is 40.8 Å². The molecule has 3 rings (SSSR count). The highest BCUT2D eigenvalue weighted by Gasteiger charge is 2.11. The molecule has 11 heteroatoms. The van der Waals surface area contributed by atoms with Crippen LogP contribution in [0.15, 0.2) is 34.0 Å². The van der Waals surface area contributed by atoms with E-state index >= 15 is 0 Å². The number of amides is 3. The summed E-state index contributed by atoms with van der Waals surface area (Å²) >= 11 is 3.83. The van der Waals surface area contributed by atoms with Gasteiger partial charge in [0, 0.05) is 11.1 Å². The van der Waals surface area contributed by atoms with Crippen molar-refractivity contribution in [2.75, 3.05) is 21.7 Å². The smallest absolute Gasteiger partial charge is 0.308 e. The molecule has 0 aliphatic rings. The largest absolute Gasteiger partial charge is 0.325 e. The van der Waals surface area contributed by atoms with Gasteiger partial charge >= 0.3 is 6.03 Å². The topological polar surface area (TPSA) is 109 Å². The van der Waals surface area contributed by atoms with Crippen LogP contribution in [0.3, 0.4) is 0 Å². The summed E-state index contributed by atoms with van der Waals surface area (Å²) in [6.45, 7) is 3.84. The predicted molar refractivity (Wildman–Crippen MR) is 110 cm³/mol. The minimum absolute atomic E-state index is 0.170. The lowest BCUT2D eigenvalue weighted by molar-refractivity contribution is -0.113. The van der Waals surface area contributed by atoms with Gasteiger partial charge in [-0.3, -0.25) is 10.1 Å². The number of anilines is 3. The fraction of sp³-hybridized carbons (Fsp3) is 0.188. The molecule has 0 aliphatic carbocycles. The van der Waals surface area contributed by atoms with E-state index in [0.717, 1.165) is 11.3 Å². The first-order chi connectivity index (χ1) is 13.0. The lowest BCUT2D eigenvalue weighted by atomic mass is 10.2. The van der Waals surface area contributed by atoms with Crippen molar-refractivity contribution in [3.8, 4) is 0 Å². The van der Waals surface area contributed by atoms with E-state index in [1.165, 1.54) is 34.4 Å². The Labute approximate surface area is 167 Å². The highest BCUT2D eigenvalue weighted by molar-refractivity contribution is 8.01. The summed E-state index contributed by atoms with van der Waals surface area (Å²) in [5, 5.41) is 18.8. The Morgan fingerprint density at radius 2 is 1.81 bits per heavy atom. The van der Waals surface area contributed by atoms with Crippen LogP contribution in [0.5, 0.6) is 0 Å². The van der Waals surface area contributed by atoms with Gasteiger partial charge in [0.2, 0.25) is 11.0 Å². The Bertz CT molecular complexity index is 938. The summed E-state index contributed by atoms with van der Waals surface area (Å²) in [7, 11) is 0. The van der Waals surface area contributed by atoms with Crippen LogP contribution < -0.4 is 16.0 Å². The van der Waals surface area contributed by atoms with Crippen LogP contribution in [0.1, 0.15) is 11.3 Å². The fourth-order valence-corrected chi connectivity index (χ4v) is 4.16. The summed E-state index contributed by atoms with van der Waals surface area (Å²) in [6, 6.07) is 7.06. The van der Waals surface area contributed by atoms with Crippen LogP contribution in [0.4, 0.5) is 20.7 Å². The summed E-state index contributed by atoms with van der Waals surface area (Å²) in [5.41, 5.74) is 2.67. The van der Waals surface area contributed by atoms with E-state index in [9.17, 15) is 9.59 Å². The zero-order valence-electron chi connectivity index (χ0n) is 14.5. The Morgan fingerprint density at radius 3 is 2.52 bits per heavy atom. The van der Waals surface area contributed by atoms with Crippen molar-refractivity contribution >= 4 is 62.3 Å². The molecule has 8 nitrogen and oxygen atoms in total. The van der Waals surface area contributed by atoms with Crippen LogP contribution >= 0.6 is 34.4 Å². The van der Waals surface area contributed by atoms with Crippen LogP contribution in [-0.2, 0) is 4.79 Å². The van der Waals surface area contributed by atoms with Crippen LogP contribution in [-0.4, -0.2) is 32.9 Å². The second-order valence-corrected chi connectivity index (χ2v) is 8.51. The number of thioether (sulfide) groups is 1. The van der Waals surface area contributed by atoms with E-state index in [1.807, 2.05) is 43.5 Å². The van der Waals surface area contributed by atoms with E-state index in [0.29, 0.717) is 20.3 Å². The SMILES string of the molecule is Cc1ccc(NC(=O)Nc2nnc(SCC(=O)Nc3nc(C)cs3)s2)cc1. The number of urea groups is 1. The molecule has 0 unspecified atom stereocenters. The molecule has 0 radical (unpaired) electrons. The molecule has 0 aliphatic heterocycles. The molecule has 0 spiro atoms. The normalized spacial score (nSPS) is 10.4. The Hall–Kier alpha value is -2.50. The minimum Gasteiger partial charge on any atom is -0.308 e. The van der Waals surface area contributed by atoms with Gasteiger partial charge < -0.3 is 10.6 Å². The van der Waals surface area contributed by atoms with E-state index in [4.69, 9.17) is 0 Å². The van der Waals surface area contributed by atoms with E-state index in [1.54, 1.807) is 0 Å². The number of aromatic nitrogens is 3. The van der Waals surface area contributed by atoms with Crippen molar-refractivity contribution in [3.63, 3.8) is 0 Å². The van der Waals surface area contributed by atoms with Gasteiger partial charge in [0.05, 0.1) is 11.4 Å². The molecular formula is C16H16N6O2S3. The Kier molecular flexibility index (Phi) is 6.37. The average Bonchev–Trinajstić information content (AvgIpc) is 3.24. The number of thiazole rings is 1. The van der Waals surface area contributed by atoms with E-state index in [-0.39, 0.29) is 11.7 Å². The summed E-state index contributed by atoms with van der Waals surface area (Å²) < 4.78 is 0.589. The van der Waals surface area contributed by atoms with Crippen LogP contribution in [0, 0.1) is 13.8 Å². The number of benzene rings is 1. The number of carbonyl (C=O) groups is 2. The summed E-state index contributed by atoms with van der Waals surface area (Å²) in [5.74, 6) is 0.0131. The van der Waals surface area contributed by atoms with Crippen LogP contribution in [0.25, 0.3) is 0 Å². The molecule has 0 fully saturated rings. The lowest BCUT2D eigenvalue weighted by Gasteiger charge is -2.04. The van der Waals surface area contributed by atoms with Crippen molar-refractivity contribution in [1.82, 2.24) is 15.2 Å². The van der Waals surface area contributed by atoms with Gasteiger partial charge in [-0.05, 0) is 26.0 Å². The molecule has 3 aromatic rings. The van der Waals surface area contributed by atoms with Gasteiger partial charge in [-0.15, -0.1) is 21.5 Å². The molecule has 140 valence electrons. The van der Waals surface area contributed by atoms with E-state index in [2.05, 4.69) is 31.1 Å². The highest BCUT2D eigenvalue weighted by Crippen LogP contribution is 2.26. The number of rotatable bonds is 6. The number of aryl methyl sites for hydroxylation is 2. The van der Waals surface area contributed by atoms with Gasteiger partial charge in [0.1, 0.15) is 0 Å². The molecule has 3 N–H and O–H groups in total. The predicted octanol–water partition coefficient (Wildman–Crippen LogP) is 3.99. The van der Waals surface area contributed by atoms with Crippen molar-refractivity contribution in [2.24, 2.45) is 0 Å². The number of hydrogen-bond donors (Lipinski definition) is 3. The molecular weight excluding hydrogens is 404 g/mol. The average molecular weight is 421 g/mol. The van der Waals surface area contributed by atoms with E-state index < -0.39 is 6.03 Å². The number of nitrogens with one attached hydrogen (secondary N) is 3. The minimum atomic E-state index is -0.400. The van der Waals surface area contributed by atoms with Gasteiger partial charge in [-0.2, -0.15) is 0 Å². The fourth-order valence-electron chi connectivity index (χ4n) is 1.91. The maximum atomic E-state index is 12.0. The second-order valence-electron chi connectivity index (χ2n) is 5.45. The first-order valence-corrected chi connectivity index (χ1v) is 10.5. The summed E-state index contributed by atoms with van der Waals surface area (Å²) in [4.78, 5) is 28.1. The van der Waals surface area contributed by atoms with Crippen molar-refractivity contribution in [3.05, 3.63) is 40.9 Å². The highest BCUT2D eigenvalue weighted by atomic mass is 32.2. The molecule has 2 heterocycles. The van der Waals surface area contributed by atoms with Gasteiger partial charge in [-0.25, -0.2) is 9.78 Å². The first-order valence-electron chi connectivity index (χ1n) is 7.81. The zero-order chi connectivity index (χ0) is 19.2. The third-order valence-corrected chi connectivity index (χ3v) is 5.98. The molecule has 0 saturated heterocycles. The molecule has 3 amide bonds. The van der Waals surface area contributed by atoms with Crippen molar-refractivity contribution in [1.29, 1.82) is 0 Å². The van der Waals surface area contributed by atoms with Crippen molar-refractivity contribution < 1.29 is 9.59 Å². The summed E-state index contributed by atoms with van der Waals surface area (Å²) in [6.07, 6.45) is 0. The standard InChI is InChI=1S/C16H16N6O2S3/c1-9-3-5-11(6-4-9)18-13(24)20-15-21-22-16(27-15)26-8-12(23)19-14-17-10(2)7-25-14/h3-7H,8H2,1-2H3,(H,17,19,23)(H2,18,20,21,24). The Balaban J connectivity index is 1.45. The molecule has 27 heavy (non-hydrogen) atoms. The van der Waals surface area contributed by atoms with Gasteiger partial charge in [0.15, 0.2) is 9.47 Å². The van der Waals surface area contributed by atoms with Gasteiger partial charge in [0.25, 0.3) is 0 Å². The maximum absolute atomic E-state index is 12.0. The zero-order valence-corrected chi connectivity index (χ0v) is 16.9. The third-order valence-electron chi connectivity index (χ3n) is 3.13. The van der Waals surface area contributed by atoms with Crippen LogP contribution in [0.2, 0.25) is 0 Å². The second kappa shape index (κ2) is 8.93. The molecule has 1 aromatic carbocycles. The molecule has 0 saturated carbocycles. The maximum Gasteiger partial charge on any atom is 0.325 e. The third kappa shape index (κ3) is 6.01. The monoisotopic (exact) mass is 420 g/mol. The number of hydrogen-bond acceptors (Lipinski definition) is 8. The lowest BCUT2D eigenvalue weighted by Crippen LogP contribution is -2.19. The molecule has 0 bridgehead atoms.